The maximum atomic E-state index is 13.6. The first kappa shape index (κ1) is 15.8. The van der Waals surface area contributed by atoms with Crippen molar-refractivity contribution in [1.29, 1.82) is 0 Å². The number of esters is 1. The molecular formula is C17H18FNO3. The maximum absolute atomic E-state index is 13.6. The zero-order chi connectivity index (χ0) is 16.3. The second-order valence-corrected chi connectivity index (χ2v) is 5.75. The van der Waals surface area contributed by atoms with E-state index in [1.807, 2.05) is 0 Å². The van der Waals surface area contributed by atoms with Crippen LogP contribution in [0.2, 0.25) is 0 Å². The van der Waals surface area contributed by atoms with Crippen LogP contribution < -0.4 is 10.5 Å². The van der Waals surface area contributed by atoms with Gasteiger partial charge in [-0.25, -0.2) is 9.18 Å². The molecule has 0 aliphatic carbocycles. The van der Waals surface area contributed by atoms with Gasteiger partial charge in [-0.05, 0) is 45.0 Å². The molecule has 0 aliphatic heterocycles. The van der Waals surface area contributed by atoms with Gasteiger partial charge in [-0.2, -0.15) is 0 Å². The molecule has 0 aliphatic rings. The number of carbonyl (C=O) groups excluding carboxylic acids is 1. The highest BCUT2D eigenvalue weighted by Crippen LogP contribution is 2.32. The molecular weight excluding hydrogens is 285 g/mol. The Balaban J connectivity index is 2.30. The fourth-order valence-corrected chi connectivity index (χ4v) is 1.79. The summed E-state index contributed by atoms with van der Waals surface area (Å²) in [4.78, 5) is 12.1. The molecule has 0 spiro atoms. The monoisotopic (exact) mass is 303 g/mol. The fraction of sp³-hybridized carbons (Fsp3) is 0.235. The summed E-state index contributed by atoms with van der Waals surface area (Å²) in [7, 11) is 0. The first-order chi connectivity index (χ1) is 10.3. The first-order valence-corrected chi connectivity index (χ1v) is 6.82. The number of nitrogens with two attached hydrogens (primary N) is 1. The summed E-state index contributed by atoms with van der Waals surface area (Å²) in [6.45, 7) is 5.29. The van der Waals surface area contributed by atoms with E-state index in [0.29, 0.717) is 0 Å². The third-order valence-corrected chi connectivity index (χ3v) is 2.74. The minimum atomic E-state index is -0.633. The van der Waals surface area contributed by atoms with Crippen molar-refractivity contribution < 1.29 is 18.7 Å². The van der Waals surface area contributed by atoms with Gasteiger partial charge in [0.05, 0.1) is 11.3 Å². The number of halogens is 1. The van der Waals surface area contributed by atoms with Crippen molar-refractivity contribution in [2.24, 2.45) is 0 Å². The van der Waals surface area contributed by atoms with Gasteiger partial charge in [0.2, 0.25) is 0 Å². The van der Waals surface area contributed by atoms with Gasteiger partial charge in [-0.1, -0.05) is 18.2 Å². The number of hydrogen-bond acceptors (Lipinski definition) is 4. The van der Waals surface area contributed by atoms with E-state index in [2.05, 4.69) is 0 Å². The highest BCUT2D eigenvalue weighted by molar-refractivity contribution is 5.96. The van der Waals surface area contributed by atoms with Crippen molar-refractivity contribution in [3.05, 3.63) is 53.8 Å². The summed E-state index contributed by atoms with van der Waals surface area (Å²) in [5.74, 6) is -0.822. The molecule has 2 rings (SSSR count). The Hall–Kier alpha value is -2.56. The van der Waals surface area contributed by atoms with Gasteiger partial charge in [-0.3, -0.25) is 0 Å². The number of hydrogen-bond donors (Lipinski definition) is 1. The fourth-order valence-electron chi connectivity index (χ4n) is 1.79. The van der Waals surface area contributed by atoms with Gasteiger partial charge in [0.25, 0.3) is 0 Å². The molecule has 0 saturated heterocycles. The van der Waals surface area contributed by atoms with Gasteiger partial charge >= 0.3 is 5.97 Å². The van der Waals surface area contributed by atoms with Crippen LogP contribution in [0, 0.1) is 5.82 Å². The van der Waals surface area contributed by atoms with Gasteiger partial charge in [0, 0.05) is 0 Å². The van der Waals surface area contributed by atoms with Crippen molar-refractivity contribution in [3.8, 4) is 11.5 Å². The Morgan fingerprint density at radius 1 is 1.05 bits per heavy atom. The van der Waals surface area contributed by atoms with Gasteiger partial charge in [-0.15, -0.1) is 0 Å². The van der Waals surface area contributed by atoms with E-state index in [4.69, 9.17) is 15.2 Å². The molecule has 0 atom stereocenters. The number of para-hydroxylation sites is 2. The summed E-state index contributed by atoms with van der Waals surface area (Å²) >= 11 is 0. The van der Waals surface area contributed by atoms with E-state index in [9.17, 15) is 9.18 Å². The lowest BCUT2D eigenvalue weighted by Gasteiger charge is -2.20. The Bertz CT molecular complexity index is 693. The molecule has 0 heterocycles. The standard InChI is InChI=1S/C17H18FNO3/c1-17(2,3)22-16(20)11-7-6-10-14(15(11)19)21-13-9-5-4-8-12(13)18/h4-10H,19H2,1-3H3. The molecule has 4 nitrogen and oxygen atoms in total. The summed E-state index contributed by atoms with van der Waals surface area (Å²) in [6.07, 6.45) is 0. The van der Waals surface area contributed by atoms with E-state index in [1.54, 1.807) is 45.0 Å². The van der Waals surface area contributed by atoms with E-state index in [-0.39, 0.29) is 22.7 Å². The van der Waals surface area contributed by atoms with Crippen LogP contribution in [0.5, 0.6) is 11.5 Å². The maximum Gasteiger partial charge on any atom is 0.340 e. The highest BCUT2D eigenvalue weighted by Gasteiger charge is 2.21. The van der Waals surface area contributed by atoms with Gasteiger partial charge in [0.1, 0.15) is 5.60 Å². The van der Waals surface area contributed by atoms with Crippen LogP contribution in [0.4, 0.5) is 10.1 Å². The van der Waals surface area contributed by atoms with E-state index >= 15 is 0 Å². The van der Waals surface area contributed by atoms with Crippen LogP contribution in [-0.4, -0.2) is 11.6 Å². The molecule has 0 unspecified atom stereocenters. The van der Waals surface area contributed by atoms with Crippen molar-refractivity contribution in [2.45, 2.75) is 26.4 Å². The van der Waals surface area contributed by atoms with Gasteiger partial charge in [0.15, 0.2) is 17.3 Å². The average molecular weight is 303 g/mol. The predicted octanol–water partition coefficient (Wildman–Crippen LogP) is 4.16. The summed E-state index contributed by atoms with van der Waals surface area (Å²) in [5, 5.41) is 0. The second kappa shape index (κ2) is 6.05. The third kappa shape index (κ3) is 3.75. The topological polar surface area (TPSA) is 61.5 Å². The molecule has 0 amide bonds. The van der Waals surface area contributed by atoms with Crippen LogP contribution in [0.3, 0.4) is 0 Å². The third-order valence-electron chi connectivity index (χ3n) is 2.74. The molecule has 2 aromatic rings. The molecule has 116 valence electrons. The molecule has 2 aromatic carbocycles. The number of anilines is 1. The lowest BCUT2D eigenvalue weighted by Crippen LogP contribution is -2.24. The van der Waals surface area contributed by atoms with Crippen LogP contribution in [-0.2, 0) is 4.74 Å². The number of rotatable bonds is 3. The molecule has 0 bridgehead atoms. The molecule has 22 heavy (non-hydrogen) atoms. The van der Waals surface area contributed by atoms with Crippen molar-refractivity contribution in [2.75, 3.05) is 5.73 Å². The van der Waals surface area contributed by atoms with Gasteiger partial charge < -0.3 is 15.2 Å². The van der Waals surface area contributed by atoms with Crippen molar-refractivity contribution in [1.82, 2.24) is 0 Å². The molecule has 2 N–H and O–H groups in total. The number of nitrogen functional groups attached to an aromatic ring is 1. The van der Waals surface area contributed by atoms with Crippen molar-refractivity contribution >= 4 is 11.7 Å². The quantitative estimate of drug-likeness (QED) is 0.683. The van der Waals surface area contributed by atoms with Crippen LogP contribution >= 0.6 is 0 Å². The highest BCUT2D eigenvalue weighted by atomic mass is 19.1. The van der Waals surface area contributed by atoms with E-state index in [1.165, 1.54) is 18.2 Å². The minimum absolute atomic E-state index is 0.0375. The first-order valence-electron chi connectivity index (χ1n) is 6.82. The molecule has 0 saturated carbocycles. The molecule has 0 aromatic heterocycles. The SMILES string of the molecule is CC(C)(C)OC(=O)c1cccc(Oc2ccccc2F)c1N. The van der Waals surface area contributed by atoms with E-state index < -0.39 is 17.4 Å². The Kier molecular flexibility index (Phi) is 4.35. The summed E-state index contributed by atoms with van der Waals surface area (Å²) in [5.41, 5.74) is 5.61. The lowest BCUT2D eigenvalue weighted by atomic mass is 10.1. The lowest BCUT2D eigenvalue weighted by molar-refractivity contribution is 0.00705. The second-order valence-electron chi connectivity index (χ2n) is 5.75. The predicted molar refractivity (Wildman–Crippen MR) is 82.5 cm³/mol. The summed E-state index contributed by atoms with van der Waals surface area (Å²) < 4.78 is 24.4. The van der Waals surface area contributed by atoms with Crippen LogP contribution in [0.25, 0.3) is 0 Å². The Labute approximate surface area is 128 Å². The Morgan fingerprint density at radius 2 is 1.68 bits per heavy atom. The zero-order valence-electron chi connectivity index (χ0n) is 12.7. The van der Waals surface area contributed by atoms with E-state index in [0.717, 1.165) is 0 Å². The minimum Gasteiger partial charge on any atom is -0.456 e. The Morgan fingerprint density at radius 3 is 2.32 bits per heavy atom. The normalized spacial score (nSPS) is 11.1. The molecule has 0 radical (unpaired) electrons. The van der Waals surface area contributed by atoms with Crippen LogP contribution in [0.1, 0.15) is 31.1 Å². The zero-order valence-corrected chi connectivity index (χ0v) is 12.7. The number of carbonyl (C=O) groups is 1. The average Bonchev–Trinajstić information content (AvgIpc) is 2.41. The molecule has 0 fully saturated rings. The summed E-state index contributed by atoms with van der Waals surface area (Å²) in [6, 6.07) is 10.7. The molecule has 5 heteroatoms. The van der Waals surface area contributed by atoms with Crippen molar-refractivity contribution in [3.63, 3.8) is 0 Å². The van der Waals surface area contributed by atoms with Crippen LogP contribution in [0.15, 0.2) is 42.5 Å². The largest absolute Gasteiger partial charge is 0.456 e. The number of benzene rings is 2. The smallest absolute Gasteiger partial charge is 0.340 e. The number of ether oxygens (including phenoxy) is 2.